The second-order valence-electron chi connectivity index (χ2n) is 5.59. The number of amides is 1. The largest absolute Gasteiger partial charge is 0.356 e. The highest BCUT2D eigenvalue weighted by Crippen LogP contribution is 2.05. The minimum absolute atomic E-state index is 0.0305. The van der Waals surface area contributed by atoms with Gasteiger partial charge < -0.3 is 16.0 Å². The molecule has 4 heteroatoms. The van der Waals surface area contributed by atoms with Crippen molar-refractivity contribution in [2.45, 2.75) is 32.7 Å². The molecule has 1 rings (SSSR count). The summed E-state index contributed by atoms with van der Waals surface area (Å²) in [5.74, 6) is 0.0714. The Morgan fingerprint density at radius 2 is 2.05 bits per heavy atom. The summed E-state index contributed by atoms with van der Waals surface area (Å²) in [7, 11) is 2.11. The molecular formula is C17H29N3O. The SMILES string of the molecule is CCCC(CN)C(=O)NCCCN(C)Cc1ccccc1. The summed E-state index contributed by atoms with van der Waals surface area (Å²) in [6, 6.07) is 10.4. The second kappa shape index (κ2) is 10.4. The van der Waals surface area contributed by atoms with Crippen molar-refractivity contribution in [1.29, 1.82) is 0 Å². The van der Waals surface area contributed by atoms with Gasteiger partial charge in [0.05, 0.1) is 5.92 Å². The van der Waals surface area contributed by atoms with Gasteiger partial charge in [0.25, 0.3) is 0 Å². The lowest BCUT2D eigenvalue weighted by Crippen LogP contribution is -2.36. The molecule has 1 aromatic rings. The van der Waals surface area contributed by atoms with Crippen molar-refractivity contribution < 1.29 is 4.79 Å². The monoisotopic (exact) mass is 291 g/mol. The Hall–Kier alpha value is -1.39. The lowest BCUT2D eigenvalue weighted by Gasteiger charge is -2.18. The maximum atomic E-state index is 11.9. The van der Waals surface area contributed by atoms with Gasteiger partial charge in [-0.05, 0) is 32.0 Å². The Morgan fingerprint density at radius 1 is 1.33 bits per heavy atom. The molecule has 21 heavy (non-hydrogen) atoms. The fraction of sp³-hybridized carbons (Fsp3) is 0.588. The van der Waals surface area contributed by atoms with Crippen molar-refractivity contribution in [2.75, 3.05) is 26.7 Å². The third-order valence-electron chi connectivity index (χ3n) is 3.60. The van der Waals surface area contributed by atoms with Crippen molar-refractivity contribution in [3.8, 4) is 0 Å². The molecule has 0 aromatic heterocycles. The van der Waals surface area contributed by atoms with E-state index in [2.05, 4.69) is 48.5 Å². The highest BCUT2D eigenvalue weighted by atomic mass is 16.1. The van der Waals surface area contributed by atoms with E-state index in [9.17, 15) is 4.79 Å². The molecular weight excluding hydrogens is 262 g/mol. The summed E-state index contributed by atoms with van der Waals surface area (Å²) in [6.07, 6.45) is 2.82. The molecule has 1 amide bonds. The maximum Gasteiger partial charge on any atom is 0.224 e. The number of benzene rings is 1. The van der Waals surface area contributed by atoms with Crippen LogP contribution < -0.4 is 11.1 Å². The van der Waals surface area contributed by atoms with Gasteiger partial charge in [-0.3, -0.25) is 4.79 Å². The maximum absolute atomic E-state index is 11.9. The van der Waals surface area contributed by atoms with Crippen LogP contribution in [0.2, 0.25) is 0 Å². The average molecular weight is 291 g/mol. The first-order valence-electron chi connectivity index (χ1n) is 7.87. The van der Waals surface area contributed by atoms with Crippen molar-refractivity contribution in [3.05, 3.63) is 35.9 Å². The van der Waals surface area contributed by atoms with Crippen LogP contribution in [0.3, 0.4) is 0 Å². The second-order valence-corrected chi connectivity index (χ2v) is 5.59. The van der Waals surface area contributed by atoms with Crippen LogP contribution in [-0.2, 0) is 11.3 Å². The lowest BCUT2D eigenvalue weighted by atomic mass is 10.0. The van der Waals surface area contributed by atoms with Crippen LogP contribution in [0, 0.1) is 5.92 Å². The standard InChI is InChI=1S/C17H29N3O/c1-3-8-16(13-18)17(21)19-11-7-12-20(2)14-15-9-5-4-6-10-15/h4-6,9-10,16H,3,7-8,11-14,18H2,1-2H3,(H,19,21). The topological polar surface area (TPSA) is 58.4 Å². The van der Waals surface area contributed by atoms with Crippen molar-refractivity contribution in [3.63, 3.8) is 0 Å². The molecule has 1 unspecified atom stereocenters. The number of hydrogen-bond donors (Lipinski definition) is 2. The molecule has 0 radical (unpaired) electrons. The Morgan fingerprint density at radius 3 is 2.67 bits per heavy atom. The normalized spacial score (nSPS) is 12.4. The minimum Gasteiger partial charge on any atom is -0.356 e. The van der Waals surface area contributed by atoms with Gasteiger partial charge in [-0.1, -0.05) is 43.7 Å². The molecule has 0 spiro atoms. The van der Waals surface area contributed by atoms with E-state index in [0.29, 0.717) is 6.54 Å². The van der Waals surface area contributed by atoms with E-state index in [4.69, 9.17) is 5.73 Å². The highest BCUT2D eigenvalue weighted by molar-refractivity contribution is 5.78. The van der Waals surface area contributed by atoms with Gasteiger partial charge in [0.2, 0.25) is 5.91 Å². The predicted molar refractivity (Wildman–Crippen MR) is 87.9 cm³/mol. The summed E-state index contributed by atoms with van der Waals surface area (Å²) in [5, 5.41) is 2.99. The van der Waals surface area contributed by atoms with Crippen LogP contribution >= 0.6 is 0 Å². The fourth-order valence-corrected chi connectivity index (χ4v) is 2.38. The van der Waals surface area contributed by atoms with Gasteiger partial charge in [0.15, 0.2) is 0 Å². The average Bonchev–Trinajstić information content (AvgIpc) is 2.50. The molecule has 1 atom stereocenters. The molecule has 4 nitrogen and oxygen atoms in total. The Bertz CT molecular complexity index is 394. The first-order chi connectivity index (χ1) is 10.2. The number of hydrogen-bond acceptors (Lipinski definition) is 3. The first kappa shape index (κ1) is 17.7. The Balaban J connectivity index is 2.17. The molecule has 0 aliphatic carbocycles. The third-order valence-corrected chi connectivity index (χ3v) is 3.60. The highest BCUT2D eigenvalue weighted by Gasteiger charge is 2.14. The molecule has 1 aromatic carbocycles. The molecule has 3 N–H and O–H groups in total. The smallest absolute Gasteiger partial charge is 0.224 e. The first-order valence-corrected chi connectivity index (χ1v) is 7.87. The molecule has 0 saturated heterocycles. The molecule has 0 bridgehead atoms. The number of nitrogens with zero attached hydrogens (tertiary/aromatic N) is 1. The molecule has 0 aliphatic heterocycles. The van der Waals surface area contributed by atoms with E-state index in [1.807, 2.05) is 6.07 Å². The molecule has 118 valence electrons. The number of carbonyl (C=O) groups excluding carboxylic acids is 1. The van der Waals surface area contributed by atoms with E-state index >= 15 is 0 Å². The molecule has 0 saturated carbocycles. The number of carbonyl (C=O) groups is 1. The Kier molecular flexibility index (Phi) is 8.71. The summed E-state index contributed by atoms with van der Waals surface area (Å²) in [5.41, 5.74) is 6.94. The van der Waals surface area contributed by atoms with Crippen LogP contribution in [0.25, 0.3) is 0 Å². The van der Waals surface area contributed by atoms with Crippen LogP contribution in [0.1, 0.15) is 31.7 Å². The zero-order chi connectivity index (χ0) is 15.5. The van der Waals surface area contributed by atoms with Crippen LogP contribution in [0.4, 0.5) is 0 Å². The van der Waals surface area contributed by atoms with E-state index < -0.39 is 0 Å². The van der Waals surface area contributed by atoms with Crippen LogP contribution in [-0.4, -0.2) is 37.5 Å². The van der Waals surface area contributed by atoms with Gasteiger partial charge in [-0.2, -0.15) is 0 Å². The predicted octanol–water partition coefficient (Wildman–Crippen LogP) is 2.00. The van der Waals surface area contributed by atoms with Crippen molar-refractivity contribution in [1.82, 2.24) is 10.2 Å². The molecule has 0 heterocycles. The van der Waals surface area contributed by atoms with Gasteiger partial charge >= 0.3 is 0 Å². The van der Waals surface area contributed by atoms with Gasteiger partial charge in [0, 0.05) is 19.6 Å². The summed E-state index contributed by atoms with van der Waals surface area (Å²) < 4.78 is 0. The summed E-state index contributed by atoms with van der Waals surface area (Å²) in [4.78, 5) is 14.2. The van der Waals surface area contributed by atoms with Crippen molar-refractivity contribution in [2.24, 2.45) is 11.7 Å². The number of nitrogens with one attached hydrogen (secondary N) is 1. The molecule has 0 fully saturated rings. The quantitative estimate of drug-likeness (QED) is 0.648. The number of nitrogens with two attached hydrogens (primary N) is 1. The third kappa shape index (κ3) is 7.25. The zero-order valence-electron chi connectivity index (χ0n) is 13.3. The van der Waals surface area contributed by atoms with E-state index in [1.54, 1.807) is 0 Å². The van der Waals surface area contributed by atoms with Gasteiger partial charge in [-0.25, -0.2) is 0 Å². The minimum atomic E-state index is -0.0305. The summed E-state index contributed by atoms with van der Waals surface area (Å²) in [6.45, 7) is 5.15. The van der Waals surface area contributed by atoms with Gasteiger partial charge in [0.1, 0.15) is 0 Å². The van der Waals surface area contributed by atoms with E-state index in [-0.39, 0.29) is 11.8 Å². The number of rotatable bonds is 10. The zero-order valence-corrected chi connectivity index (χ0v) is 13.3. The van der Waals surface area contributed by atoms with Crippen LogP contribution in [0.15, 0.2) is 30.3 Å². The van der Waals surface area contributed by atoms with E-state index in [1.165, 1.54) is 5.56 Å². The van der Waals surface area contributed by atoms with Gasteiger partial charge in [-0.15, -0.1) is 0 Å². The lowest BCUT2D eigenvalue weighted by molar-refractivity contribution is -0.124. The molecule has 0 aliphatic rings. The fourth-order valence-electron chi connectivity index (χ4n) is 2.38. The van der Waals surface area contributed by atoms with Crippen LogP contribution in [0.5, 0.6) is 0 Å². The van der Waals surface area contributed by atoms with Crippen molar-refractivity contribution >= 4 is 5.91 Å². The Labute approximate surface area is 128 Å². The van der Waals surface area contributed by atoms with E-state index in [0.717, 1.165) is 38.9 Å². The summed E-state index contributed by atoms with van der Waals surface area (Å²) >= 11 is 0.